The van der Waals surface area contributed by atoms with E-state index in [1.54, 1.807) is 0 Å². The van der Waals surface area contributed by atoms with E-state index in [0.717, 1.165) is 36.0 Å². The summed E-state index contributed by atoms with van der Waals surface area (Å²) in [6, 6.07) is 0. The van der Waals surface area contributed by atoms with E-state index in [0.29, 0.717) is 10.9 Å². The largest absolute Gasteiger partial charge is 0.507 e. The van der Waals surface area contributed by atoms with Gasteiger partial charge in [0.05, 0.1) is 0 Å². The Morgan fingerprint density at radius 1 is 1.16 bits per heavy atom. The van der Waals surface area contributed by atoms with Gasteiger partial charge in [-0.15, -0.1) is 6.58 Å². The van der Waals surface area contributed by atoms with Gasteiger partial charge in [-0.1, -0.05) is 36.4 Å². The van der Waals surface area contributed by atoms with Crippen molar-refractivity contribution >= 4 is 26.6 Å². The fourth-order valence-corrected chi connectivity index (χ4v) is 2.38. The number of aromatic hydroxyl groups is 1. The van der Waals surface area contributed by atoms with E-state index < -0.39 is 0 Å². The lowest BCUT2D eigenvalue weighted by molar-refractivity contribution is 0.337. The molecule has 0 fully saturated rings. The predicted octanol–water partition coefficient (Wildman–Crippen LogP) is 2.13. The molecule has 98 valence electrons. The van der Waals surface area contributed by atoms with Crippen LogP contribution in [0.3, 0.4) is 0 Å². The number of allylic oxidation sites excluding steroid dienone is 1. The fraction of sp³-hybridized carbons (Fsp3) is 0.500. The van der Waals surface area contributed by atoms with Crippen molar-refractivity contribution in [3.8, 4) is 5.75 Å². The van der Waals surface area contributed by atoms with Crippen LogP contribution >= 0.6 is 0 Å². The third kappa shape index (κ3) is 3.46. The second kappa shape index (κ2) is 5.90. The second-order valence-electron chi connectivity index (χ2n) is 6.07. The lowest BCUT2D eigenvalue weighted by atomic mass is 9.69. The van der Waals surface area contributed by atoms with Crippen molar-refractivity contribution in [3.05, 3.63) is 29.3 Å². The predicted molar refractivity (Wildman–Crippen MR) is 85.3 cm³/mol. The molecule has 0 aliphatic rings. The molecule has 0 saturated carbocycles. The zero-order chi connectivity index (χ0) is 14.8. The van der Waals surface area contributed by atoms with Gasteiger partial charge in [-0.3, -0.25) is 0 Å². The Bertz CT molecular complexity index is 461. The summed E-state index contributed by atoms with van der Waals surface area (Å²) in [5.74, 6) is 0.211. The molecule has 0 spiro atoms. The molecule has 0 atom stereocenters. The maximum Gasteiger partial charge on any atom is 0.120 e. The molecule has 0 saturated heterocycles. The Hall–Kier alpha value is -1.11. The molecule has 1 rings (SSSR count). The Morgan fingerprint density at radius 2 is 1.63 bits per heavy atom. The molecule has 0 heterocycles. The Kier molecular flexibility index (Phi) is 4.95. The molecule has 3 heteroatoms. The summed E-state index contributed by atoms with van der Waals surface area (Å²) in [7, 11) is 12.3. The SMILES string of the molecule is [B]c1c(C)c(O)c(C)c([B])c1CC(C)(C)CCC=C. The highest BCUT2D eigenvalue weighted by molar-refractivity contribution is 6.41. The summed E-state index contributed by atoms with van der Waals surface area (Å²) in [5.41, 5.74) is 3.75. The Balaban J connectivity index is 3.18. The molecular weight excluding hydrogens is 230 g/mol. The topological polar surface area (TPSA) is 20.2 Å². The minimum Gasteiger partial charge on any atom is -0.507 e. The number of phenols is 1. The maximum absolute atomic E-state index is 9.96. The van der Waals surface area contributed by atoms with Gasteiger partial charge in [0.15, 0.2) is 0 Å². The molecule has 0 unspecified atom stereocenters. The van der Waals surface area contributed by atoms with Gasteiger partial charge < -0.3 is 5.11 Å². The van der Waals surface area contributed by atoms with Crippen LogP contribution < -0.4 is 10.9 Å². The van der Waals surface area contributed by atoms with Crippen LogP contribution in [0.5, 0.6) is 5.75 Å². The first-order chi connectivity index (χ1) is 8.71. The van der Waals surface area contributed by atoms with Gasteiger partial charge >= 0.3 is 0 Å². The van der Waals surface area contributed by atoms with Crippen LogP contribution in [0.25, 0.3) is 0 Å². The zero-order valence-corrected chi connectivity index (χ0v) is 12.5. The van der Waals surface area contributed by atoms with Crippen molar-refractivity contribution in [2.45, 2.75) is 47.0 Å². The van der Waals surface area contributed by atoms with Crippen molar-refractivity contribution in [1.29, 1.82) is 0 Å². The minimum absolute atomic E-state index is 0.103. The molecule has 0 bridgehead atoms. The number of hydrogen-bond donors (Lipinski definition) is 1. The second-order valence-corrected chi connectivity index (χ2v) is 6.07. The summed E-state index contributed by atoms with van der Waals surface area (Å²) in [5, 5.41) is 9.96. The van der Waals surface area contributed by atoms with Crippen LogP contribution in [0, 0.1) is 19.3 Å². The van der Waals surface area contributed by atoms with E-state index in [-0.39, 0.29) is 11.2 Å². The van der Waals surface area contributed by atoms with E-state index in [1.807, 2.05) is 19.9 Å². The van der Waals surface area contributed by atoms with Gasteiger partial charge in [0.25, 0.3) is 0 Å². The van der Waals surface area contributed by atoms with Crippen LogP contribution in [0.1, 0.15) is 43.4 Å². The molecule has 1 N–H and O–H groups in total. The van der Waals surface area contributed by atoms with Crippen LogP contribution in [0.15, 0.2) is 12.7 Å². The summed E-state index contributed by atoms with van der Waals surface area (Å²) < 4.78 is 0. The van der Waals surface area contributed by atoms with Crippen molar-refractivity contribution in [1.82, 2.24) is 0 Å². The van der Waals surface area contributed by atoms with Crippen molar-refractivity contribution in [2.75, 3.05) is 0 Å². The third-order valence-electron chi connectivity index (χ3n) is 3.85. The summed E-state index contributed by atoms with van der Waals surface area (Å²) >= 11 is 0. The average Bonchev–Trinajstić information content (AvgIpc) is 2.37. The van der Waals surface area contributed by atoms with Gasteiger partial charge in [-0.05, 0) is 49.7 Å². The fourth-order valence-electron chi connectivity index (χ4n) is 2.38. The lowest BCUT2D eigenvalue weighted by Crippen LogP contribution is -2.32. The van der Waals surface area contributed by atoms with E-state index in [4.69, 9.17) is 15.7 Å². The summed E-state index contributed by atoms with van der Waals surface area (Å²) in [6.45, 7) is 11.8. The van der Waals surface area contributed by atoms with Crippen LogP contribution in [0.4, 0.5) is 0 Å². The first-order valence-corrected chi connectivity index (χ1v) is 6.68. The van der Waals surface area contributed by atoms with Crippen LogP contribution in [-0.4, -0.2) is 20.8 Å². The van der Waals surface area contributed by atoms with Gasteiger partial charge in [0.2, 0.25) is 0 Å². The number of benzene rings is 1. The summed E-state index contributed by atoms with van der Waals surface area (Å²) in [4.78, 5) is 0. The molecule has 1 aromatic carbocycles. The molecule has 0 aliphatic heterocycles. The normalized spacial score (nSPS) is 11.6. The smallest absolute Gasteiger partial charge is 0.120 e. The van der Waals surface area contributed by atoms with Gasteiger partial charge in [0, 0.05) is 0 Å². The molecule has 1 nitrogen and oxygen atoms in total. The first kappa shape index (κ1) is 15.9. The van der Waals surface area contributed by atoms with Gasteiger partial charge in [0.1, 0.15) is 21.4 Å². The van der Waals surface area contributed by atoms with Crippen molar-refractivity contribution in [3.63, 3.8) is 0 Å². The average molecular weight is 252 g/mol. The highest BCUT2D eigenvalue weighted by Gasteiger charge is 2.22. The monoisotopic (exact) mass is 252 g/mol. The van der Waals surface area contributed by atoms with E-state index in [9.17, 15) is 5.11 Å². The molecule has 4 radical (unpaired) electrons. The van der Waals surface area contributed by atoms with Crippen molar-refractivity contribution in [2.24, 2.45) is 5.41 Å². The number of rotatable bonds is 5. The van der Waals surface area contributed by atoms with E-state index in [2.05, 4.69) is 20.4 Å². The minimum atomic E-state index is 0.103. The quantitative estimate of drug-likeness (QED) is 0.628. The highest BCUT2D eigenvalue weighted by atomic mass is 16.3. The molecular formula is C16H22B2O. The first-order valence-electron chi connectivity index (χ1n) is 6.68. The molecule has 0 aromatic heterocycles. The molecule has 0 amide bonds. The summed E-state index contributed by atoms with van der Waals surface area (Å²) in [6.07, 6.45) is 4.75. The van der Waals surface area contributed by atoms with E-state index in [1.165, 1.54) is 0 Å². The van der Waals surface area contributed by atoms with Crippen LogP contribution in [-0.2, 0) is 6.42 Å². The van der Waals surface area contributed by atoms with Crippen molar-refractivity contribution < 1.29 is 5.11 Å². The number of hydrogen-bond acceptors (Lipinski definition) is 1. The standard InChI is InChI=1S/C16H22B2O/c1-6-7-8-16(4,5)9-12-13(17)10(2)15(19)11(3)14(12)18/h6,19H,1,7-9H2,2-5H3. The maximum atomic E-state index is 9.96. The third-order valence-corrected chi connectivity index (χ3v) is 3.85. The van der Waals surface area contributed by atoms with Crippen LogP contribution in [0.2, 0.25) is 0 Å². The van der Waals surface area contributed by atoms with Gasteiger partial charge in [-0.2, -0.15) is 0 Å². The highest BCUT2D eigenvalue weighted by Crippen LogP contribution is 2.28. The zero-order valence-electron chi connectivity index (χ0n) is 12.5. The Labute approximate surface area is 119 Å². The molecule has 19 heavy (non-hydrogen) atoms. The lowest BCUT2D eigenvalue weighted by Gasteiger charge is -2.28. The molecule has 1 aromatic rings. The Morgan fingerprint density at radius 3 is 2.05 bits per heavy atom. The van der Waals surface area contributed by atoms with E-state index >= 15 is 0 Å². The number of phenolic OH excluding ortho intramolecular Hbond substituents is 1. The van der Waals surface area contributed by atoms with Gasteiger partial charge in [-0.25, -0.2) is 0 Å². The molecule has 0 aliphatic carbocycles.